The molecule has 6 unspecified atom stereocenters. The van der Waals surface area contributed by atoms with Crippen molar-refractivity contribution in [2.24, 2.45) is 0 Å². The Labute approximate surface area is 515 Å². The van der Waals surface area contributed by atoms with Gasteiger partial charge in [0.25, 0.3) is 0 Å². The van der Waals surface area contributed by atoms with E-state index in [9.17, 15) is 34.5 Å². The van der Waals surface area contributed by atoms with Gasteiger partial charge in [-0.25, -0.2) is 4.79 Å². The fraction of sp³-hybridized carbons (Fsp3) is 0.644. The van der Waals surface area contributed by atoms with Gasteiger partial charge in [-0.15, -0.1) is 0 Å². The van der Waals surface area contributed by atoms with Crippen LogP contribution in [0.25, 0.3) is 0 Å². The fourth-order valence-corrected chi connectivity index (χ4v) is 9.24. The molecule has 0 bridgehead atoms. The molecule has 0 saturated carbocycles. The second-order valence-electron chi connectivity index (χ2n) is 22.0. The van der Waals surface area contributed by atoms with Crippen LogP contribution in [0.15, 0.2) is 134 Å². The molecule has 480 valence electrons. The van der Waals surface area contributed by atoms with E-state index in [4.69, 9.17) is 23.7 Å². The van der Waals surface area contributed by atoms with Gasteiger partial charge in [0.1, 0.15) is 18.8 Å². The molecule has 0 amide bonds. The lowest BCUT2D eigenvalue weighted by Crippen LogP contribution is -2.61. The van der Waals surface area contributed by atoms with E-state index >= 15 is 0 Å². The summed E-state index contributed by atoms with van der Waals surface area (Å²) in [5.41, 5.74) is 0. The van der Waals surface area contributed by atoms with Crippen LogP contribution in [0.4, 0.5) is 0 Å². The third-order valence-corrected chi connectivity index (χ3v) is 14.2. The summed E-state index contributed by atoms with van der Waals surface area (Å²) in [4.78, 5) is 51.4. The molecule has 0 aromatic rings. The number of aliphatic hydroxyl groups is 2. The van der Waals surface area contributed by atoms with Gasteiger partial charge in [-0.05, 0) is 103 Å². The molecule has 0 aromatic heterocycles. The predicted octanol–water partition coefficient (Wildman–Crippen LogP) is 18.1. The molecule has 6 atom stereocenters. The number of carboxylic acid groups (broad SMARTS) is 1. The lowest BCUT2D eigenvalue weighted by Gasteiger charge is -2.40. The Kier molecular flexibility index (Phi) is 54.2. The van der Waals surface area contributed by atoms with E-state index in [2.05, 4.69) is 136 Å². The zero-order valence-electron chi connectivity index (χ0n) is 53.1. The molecule has 3 N–H and O–H groups in total. The summed E-state index contributed by atoms with van der Waals surface area (Å²) < 4.78 is 28.4. The van der Waals surface area contributed by atoms with Gasteiger partial charge < -0.3 is 39.0 Å². The Morgan fingerprint density at radius 1 is 0.400 bits per heavy atom. The summed E-state index contributed by atoms with van der Waals surface area (Å²) in [6.07, 6.45) is 71.3. The van der Waals surface area contributed by atoms with Crippen molar-refractivity contribution in [1.29, 1.82) is 0 Å². The number of aliphatic carboxylic acids is 1. The minimum absolute atomic E-state index is 0.0739. The van der Waals surface area contributed by atoms with E-state index < -0.39 is 67.3 Å². The number of allylic oxidation sites excluding steroid dienone is 22. The van der Waals surface area contributed by atoms with Crippen molar-refractivity contribution in [3.8, 4) is 0 Å². The summed E-state index contributed by atoms with van der Waals surface area (Å²) in [6.45, 7) is 5.73. The quantitative estimate of drug-likeness (QED) is 0.0228. The molecule has 0 aliphatic carbocycles. The first-order valence-corrected chi connectivity index (χ1v) is 33.2. The first kappa shape index (κ1) is 77.9. The van der Waals surface area contributed by atoms with E-state index in [1.807, 2.05) is 18.2 Å². The third-order valence-electron chi connectivity index (χ3n) is 14.2. The van der Waals surface area contributed by atoms with Crippen LogP contribution in [0, 0.1) is 0 Å². The second kappa shape index (κ2) is 59.2. The number of unbranched alkanes of at least 4 members (excludes halogenated alkanes) is 19. The average molecular weight is 1190 g/mol. The highest BCUT2D eigenvalue weighted by atomic mass is 16.7. The number of carboxylic acids is 1. The Morgan fingerprint density at radius 2 is 0.765 bits per heavy atom. The zero-order valence-corrected chi connectivity index (χ0v) is 53.1. The average Bonchev–Trinajstić information content (AvgIpc) is 2.79. The summed E-state index contributed by atoms with van der Waals surface area (Å²) in [7, 11) is 0. The monoisotopic (exact) mass is 1180 g/mol. The molecular weight excluding hydrogens is 1070 g/mol. The summed E-state index contributed by atoms with van der Waals surface area (Å²) in [5, 5.41) is 31.6. The van der Waals surface area contributed by atoms with Crippen molar-refractivity contribution in [2.75, 3.05) is 13.2 Å². The van der Waals surface area contributed by atoms with Gasteiger partial charge in [0.2, 0.25) is 0 Å². The molecule has 0 aromatic carbocycles. The topological polar surface area (TPSA) is 175 Å². The number of hydrogen-bond donors (Lipinski definition) is 3. The number of carbonyl (C=O) groups excluding carboxylic acids is 3. The van der Waals surface area contributed by atoms with Crippen LogP contribution in [-0.4, -0.2) is 89.2 Å². The van der Waals surface area contributed by atoms with Gasteiger partial charge in [-0.2, -0.15) is 0 Å². The Morgan fingerprint density at radius 3 is 1.18 bits per heavy atom. The first-order valence-electron chi connectivity index (χ1n) is 33.2. The minimum Gasteiger partial charge on any atom is -0.479 e. The predicted molar refractivity (Wildman–Crippen MR) is 349 cm³/mol. The number of hydrogen-bond acceptors (Lipinski definition) is 11. The summed E-state index contributed by atoms with van der Waals surface area (Å²) in [6, 6.07) is 0. The Balaban J connectivity index is 2.73. The van der Waals surface area contributed by atoms with Crippen molar-refractivity contribution >= 4 is 23.9 Å². The molecular formula is C73H116O12. The molecule has 12 heteroatoms. The van der Waals surface area contributed by atoms with Gasteiger partial charge in [0.15, 0.2) is 24.6 Å². The molecule has 1 heterocycles. The van der Waals surface area contributed by atoms with Gasteiger partial charge in [-0.1, -0.05) is 264 Å². The molecule has 1 fully saturated rings. The second-order valence-corrected chi connectivity index (χ2v) is 22.0. The molecule has 0 spiro atoms. The van der Waals surface area contributed by atoms with Crippen LogP contribution in [0.1, 0.15) is 252 Å². The highest BCUT2D eigenvalue weighted by Gasteiger charge is 2.50. The maximum absolute atomic E-state index is 13.2. The smallest absolute Gasteiger partial charge is 0.335 e. The number of rotatable bonds is 55. The number of esters is 3. The number of ether oxygens (including phenoxy) is 5. The minimum atomic E-state index is -1.94. The SMILES string of the molecule is CC/C=C\C/C=C\C/C=C\C/C=C\C/C=C\C/C=C\CCC(=O)OC1C(OCC(COC(=O)CCCCC/C=C\C/C=C\C/C=C\C/C=C\C/C=C\CC)OC(=O)CCCCCCCCCCCCCCCCCCC)OC(C(=O)O)C(O)C1O. The summed E-state index contributed by atoms with van der Waals surface area (Å²) in [5.74, 6) is -3.28. The van der Waals surface area contributed by atoms with Crippen molar-refractivity contribution in [3.63, 3.8) is 0 Å². The molecule has 12 nitrogen and oxygen atoms in total. The first-order chi connectivity index (χ1) is 41.6. The van der Waals surface area contributed by atoms with E-state index in [-0.39, 0.29) is 25.9 Å². The van der Waals surface area contributed by atoms with E-state index in [1.54, 1.807) is 0 Å². The van der Waals surface area contributed by atoms with Gasteiger partial charge in [0, 0.05) is 19.3 Å². The highest BCUT2D eigenvalue weighted by Crippen LogP contribution is 2.26. The van der Waals surface area contributed by atoms with Crippen molar-refractivity contribution in [1.82, 2.24) is 0 Å². The number of carbonyl (C=O) groups is 4. The van der Waals surface area contributed by atoms with Crippen LogP contribution < -0.4 is 0 Å². The normalized spacial score (nSPS) is 18.3. The van der Waals surface area contributed by atoms with Gasteiger partial charge >= 0.3 is 23.9 Å². The van der Waals surface area contributed by atoms with Gasteiger partial charge in [0.05, 0.1) is 6.61 Å². The van der Waals surface area contributed by atoms with Crippen molar-refractivity contribution in [2.45, 2.75) is 289 Å². The fourth-order valence-electron chi connectivity index (χ4n) is 9.24. The van der Waals surface area contributed by atoms with Crippen LogP contribution in [0.3, 0.4) is 0 Å². The zero-order chi connectivity index (χ0) is 61.7. The van der Waals surface area contributed by atoms with Crippen LogP contribution >= 0.6 is 0 Å². The maximum Gasteiger partial charge on any atom is 0.335 e. The van der Waals surface area contributed by atoms with E-state index in [0.29, 0.717) is 25.7 Å². The van der Waals surface area contributed by atoms with Crippen LogP contribution in [0.5, 0.6) is 0 Å². The van der Waals surface area contributed by atoms with Crippen LogP contribution in [-0.2, 0) is 42.9 Å². The van der Waals surface area contributed by atoms with Crippen LogP contribution in [0.2, 0.25) is 0 Å². The third kappa shape index (κ3) is 48.6. The molecule has 1 rings (SSSR count). The van der Waals surface area contributed by atoms with Crippen molar-refractivity contribution < 1.29 is 58.2 Å². The molecule has 1 aliphatic rings. The molecule has 0 radical (unpaired) electrons. The molecule has 1 aliphatic heterocycles. The maximum atomic E-state index is 13.2. The van der Waals surface area contributed by atoms with E-state index in [0.717, 1.165) is 103 Å². The highest BCUT2D eigenvalue weighted by molar-refractivity contribution is 5.74. The molecule has 85 heavy (non-hydrogen) atoms. The lowest BCUT2D eigenvalue weighted by molar-refractivity contribution is -0.301. The molecule has 1 saturated heterocycles. The Bertz CT molecular complexity index is 1990. The largest absolute Gasteiger partial charge is 0.479 e. The Hall–Kier alpha value is -5.14. The lowest BCUT2D eigenvalue weighted by atomic mass is 9.98. The number of aliphatic hydroxyl groups excluding tert-OH is 2. The standard InChI is InChI=1S/C73H116O12/c1-4-7-10-13-16-19-22-25-28-31-33-36-38-41-44-47-50-53-56-59-65(74)81-62-64(83-66(75)60-57-54-51-48-45-42-39-35-30-27-24-21-18-15-12-9-6-3)63-82-73-71(69(78)68(77)70(85-73)72(79)80)84-67(76)61-58-55-52-49-46-43-40-37-34-32-29-26-23-20-17-14-11-8-5-2/h7-8,10-11,16-17,19-20,25-26,28-29,33-34,36-37,41,43-44,46,52,55,64,68-71,73,77-78H,4-6,9,12-15,18,21-24,27,30-32,35,38-40,42,45,47-51,53-54,56-63H2,1-3H3,(H,79,80)/b10-7-,11-8-,19-16-,20-17-,28-25-,29-26-,36-33-,37-34-,44-41-,46-43-,55-52-. The van der Waals surface area contributed by atoms with E-state index in [1.165, 1.54) is 83.5 Å². The van der Waals surface area contributed by atoms with Crippen molar-refractivity contribution in [3.05, 3.63) is 134 Å². The van der Waals surface area contributed by atoms with Gasteiger partial charge in [-0.3, -0.25) is 14.4 Å². The summed E-state index contributed by atoms with van der Waals surface area (Å²) >= 11 is 0.